The molecule has 0 unspecified atom stereocenters. The maximum atomic E-state index is 13.5. The SMILES string of the molecule is Fc1ccc(-n2ncc(OCc3cn(Cc4cccc(Cl)c4)nn3)c2-c2ccc(Cl)cc2)cc1. The van der Waals surface area contributed by atoms with Crippen LogP contribution < -0.4 is 4.74 Å². The first-order chi connectivity index (χ1) is 16.5. The van der Waals surface area contributed by atoms with Crippen molar-refractivity contribution >= 4 is 23.2 Å². The molecule has 0 atom stereocenters. The molecular formula is C25H18Cl2FN5O. The van der Waals surface area contributed by atoms with Crippen LogP contribution in [0.25, 0.3) is 16.9 Å². The van der Waals surface area contributed by atoms with E-state index >= 15 is 0 Å². The van der Waals surface area contributed by atoms with Crippen LogP contribution in [0.5, 0.6) is 5.75 Å². The molecule has 0 bridgehead atoms. The molecule has 5 rings (SSSR count). The topological polar surface area (TPSA) is 57.8 Å². The van der Waals surface area contributed by atoms with Crippen LogP contribution in [0.4, 0.5) is 4.39 Å². The molecule has 3 aromatic carbocycles. The largest absolute Gasteiger partial charge is 0.483 e. The molecule has 0 radical (unpaired) electrons. The Kier molecular flexibility index (Phi) is 6.29. The fourth-order valence-electron chi connectivity index (χ4n) is 3.55. The van der Waals surface area contributed by atoms with Gasteiger partial charge in [0.25, 0.3) is 0 Å². The van der Waals surface area contributed by atoms with Crippen LogP contribution in [0.1, 0.15) is 11.3 Å². The van der Waals surface area contributed by atoms with E-state index in [1.165, 1.54) is 12.1 Å². The van der Waals surface area contributed by atoms with Gasteiger partial charge < -0.3 is 4.74 Å². The number of hydrogen-bond donors (Lipinski definition) is 0. The zero-order chi connectivity index (χ0) is 23.5. The minimum absolute atomic E-state index is 0.200. The highest BCUT2D eigenvalue weighted by Gasteiger charge is 2.17. The van der Waals surface area contributed by atoms with Crippen molar-refractivity contribution < 1.29 is 9.13 Å². The molecule has 5 aromatic rings. The molecule has 0 saturated carbocycles. The molecule has 0 aliphatic carbocycles. The van der Waals surface area contributed by atoms with E-state index in [9.17, 15) is 4.39 Å². The Bertz CT molecular complexity index is 1410. The molecule has 0 fully saturated rings. The first-order valence-electron chi connectivity index (χ1n) is 10.4. The van der Waals surface area contributed by atoms with Crippen molar-refractivity contribution in [1.29, 1.82) is 0 Å². The molecule has 2 aromatic heterocycles. The smallest absolute Gasteiger partial charge is 0.166 e. The van der Waals surface area contributed by atoms with Gasteiger partial charge in [0.1, 0.15) is 23.8 Å². The maximum Gasteiger partial charge on any atom is 0.166 e. The predicted octanol–water partition coefficient (Wildman–Crippen LogP) is 6.20. The summed E-state index contributed by atoms with van der Waals surface area (Å²) < 4.78 is 23.0. The molecular weight excluding hydrogens is 476 g/mol. The average molecular weight is 494 g/mol. The van der Waals surface area contributed by atoms with E-state index in [0.717, 1.165) is 16.8 Å². The van der Waals surface area contributed by atoms with Crippen molar-refractivity contribution in [3.8, 4) is 22.7 Å². The van der Waals surface area contributed by atoms with Gasteiger partial charge in [0.15, 0.2) is 5.75 Å². The highest BCUT2D eigenvalue weighted by atomic mass is 35.5. The van der Waals surface area contributed by atoms with Crippen molar-refractivity contribution in [1.82, 2.24) is 24.8 Å². The Morgan fingerprint density at radius 3 is 2.47 bits per heavy atom. The molecule has 34 heavy (non-hydrogen) atoms. The van der Waals surface area contributed by atoms with Gasteiger partial charge in [0, 0.05) is 15.6 Å². The van der Waals surface area contributed by atoms with Crippen molar-refractivity contribution in [3.05, 3.63) is 112 Å². The van der Waals surface area contributed by atoms with Crippen molar-refractivity contribution in [2.75, 3.05) is 0 Å². The summed E-state index contributed by atoms with van der Waals surface area (Å²) in [5, 5.41) is 14.2. The first-order valence-corrected chi connectivity index (χ1v) is 11.2. The van der Waals surface area contributed by atoms with Gasteiger partial charge in [-0.2, -0.15) is 5.10 Å². The van der Waals surface area contributed by atoms with E-state index in [4.69, 9.17) is 27.9 Å². The molecule has 0 aliphatic rings. The molecule has 6 nitrogen and oxygen atoms in total. The van der Waals surface area contributed by atoms with Crippen LogP contribution in [0, 0.1) is 5.82 Å². The zero-order valence-corrected chi connectivity index (χ0v) is 19.3. The number of hydrogen-bond acceptors (Lipinski definition) is 4. The molecule has 0 spiro atoms. The van der Waals surface area contributed by atoms with Gasteiger partial charge >= 0.3 is 0 Å². The van der Waals surface area contributed by atoms with Gasteiger partial charge in [0.05, 0.1) is 24.6 Å². The second kappa shape index (κ2) is 9.67. The lowest BCUT2D eigenvalue weighted by atomic mass is 10.1. The minimum Gasteiger partial charge on any atom is -0.483 e. The lowest BCUT2D eigenvalue weighted by Crippen LogP contribution is -2.01. The van der Waals surface area contributed by atoms with Gasteiger partial charge in [-0.25, -0.2) is 13.8 Å². The number of aromatic nitrogens is 5. The second-order valence-electron chi connectivity index (χ2n) is 7.58. The normalized spacial score (nSPS) is 11.0. The summed E-state index contributed by atoms with van der Waals surface area (Å²) in [5.74, 6) is 0.234. The summed E-state index contributed by atoms with van der Waals surface area (Å²) in [6.45, 7) is 0.747. The Morgan fingerprint density at radius 2 is 1.71 bits per heavy atom. The van der Waals surface area contributed by atoms with Crippen LogP contribution in [0.3, 0.4) is 0 Å². The van der Waals surface area contributed by atoms with Gasteiger partial charge in [-0.1, -0.05) is 52.7 Å². The summed E-state index contributed by atoms with van der Waals surface area (Å²) in [7, 11) is 0. The summed E-state index contributed by atoms with van der Waals surface area (Å²) >= 11 is 12.1. The molecule has 170 valence electrons. The van der Waals surface area contributed by atoms with Crippen molar-refractivity contribution in [2.24, 2.45) is 0 Å². The molecule has 0 N–H and O–H groups in total. The molecule has 0 aliphatic heterocycles. The summed E-state index contributed by atoms with van der Waals surface area (Å²) in [6, 6.07) is 21.1. The van der Waals surface area contributed by atoms with Crippen molar-refractivity contribution in [2.45, 2.75) is 13.2 Å². The standard InChI is InChI=1S/C25H18Cl2FN5O/c26-19-6-4-18(5-7-19)25-24(13-29-33(25)23-10-8-21(28)9-11-23)34-16-22-15-32(31-30-22)14-17-2-1-3-20(27)12-17/h1-13,15H,14,16H2. The molecule has 9 heteroatoms. The number of benzene rings is 3. The van der Waals surface area contributed by atoms with E-state index in [1.54, 1.807) is 39.8 Å². The lowest BCUT2D eigenvalue weighted by Gasteiger charge is -2.11. The summed E-state index contributed by atoms with van der Waals surface area (Å²) in [5.41, 5.74) is 3.96. The number of ether oxygens (including phenoxy) is 1. The van der Waals surface area contributed by atoms with Crippen LogP contribution in [0.2, 0.25) is 10.0 Å². The van der Waals surface area contributed by atoms with E-state index in [1.807, 2.05) is 42.6 Å². The summed E-state index contributed by atoms with van der Waals surface area (Å²) in [4.78, 5) is 0. The fraction of sp³-hybridized carbons (Fsp3) is 0.0800. The van der Waals surface area contributed by atoms with Crippen LogP contribution in [0.15, 0.2) is 85.2 Å². The third-order valence-electron chi connectivity index (χ3n) is 5.12. The van der Waals surface area contributed by atoms with E-state index in [2.05, 4.69) is 15.4 Å². The number of rotatable bonds is 7. The zero-order valence-electron chi connectivity index (χ0n) is 17.8. The van der Waals surface area contributed by atoms with Gasteiger partial charge in [-0.3, -0.25) is 0 Å². The van der Waals surface area contributed by atoms with Gasteiger partial charge in [-0.05, 0) is 54.1 Å². The molecule has 0 saturated heterocycles. The maximum absolute atomic E-state index is 13.5. The van der Waals surface area contributed by atoms with Crippen LogP contribution in [-0.2, 0) is 13.2 Å². The predicted molar refractivity (Wildman–Crippen MR) is 129 cm³/mol. The van der Waals surface area contributed by atoms with Crippen LogP contribution >= 0.6 is 23.2 Å². The van der Waals surface area contributed by atoms with Gasteiger partial charge in [0.2, 0.25) is 0 Å². The Morgan fingerprint density at radius 1 is 0.912 bits per heavy atom. The summed E-state index contributed by atoms with van der Waals surface area (Å²) in [6.07, 6.45) is 3.46. The number of nitrogens with zero attached hydrogens (tertiary/aromatic N) is 5. The first kappa shape index (κ1) is 22.1. The van der Waals surface area contributed by atoms with Crippen molar-refractivity contribution in [3.63, 3.8) is 0 Å². The average Bonchev–Trinajstić information content (AvgIpc) is 3.46. The Hall–Kier alpha value is -3.68. The fourth-order valence-corrected chi connectivity index (χ4v) is 3.88. The lowest BCUT2D eigenvalue weighted by molar-refractivity contribution is 0.302. The van der Waals surface area contributed by atoms with E-state index in [-0.39, 0.29) is 12.4 Å². The Labute approximate surface area is 205 Å². The van der Waals surface area contributed by atoms with Gasteiger partial charge in [-0.15, -0.1) is 5.10 Å². The highest BCUT2D eigenvalue weighted by Crippen LogP contribution is 2.33. The molecule has 2 heterocycles. The third-order valence-corrected chi connectivity index (χ3v) is 5.61. The minimum atomic E-state index is -0.318. The van der Waals surface area contributed by atoms with Crippen LogP contribution in [-0.4, -0.2) is 24.8 Å². The highest BCUT2D eigenvalue weighted by molar-refractivity contribution is 6.30. The van der Waals surface area contributed by atoms with E-state index < -0.39 is 0 Å². The number of halogens is 3. The third kappa shape index (κ3) is 4.95. The van der Waals surface area contributed by atoms with E-state index in [0.29, 0.717) is 33.7 Å². The monoisotopic (exact) mass is 493 g/mol. The quantitative estimate of drug-likeness (QED) is 0.270. The second-order valence-corrected chi connectivity index (χ2v) is 8.45. The Balaban J connectivity index is 1.39. The molecule has 0 amide bonds.